The number of halogens is 3. The maximum atomic E-state index is 15.5. The number of sulfonamides is 1. The molecule has 6 rings (SSSR count). The highest BCUT2D eigenvalue weighted by Gasteiger charge is 2.26. The molecule has 0 spiro atoms. The number of hydrogen-bond acceptors (Lipinski definition) is 5. The number of ketones is 1. The van der Waals surface area contributed by atoms with Gasteiger partial charge in [0.15, 0.2) is 5.82 Å². The van der Waals surface area contributed by atoms with Crippen LogP contribution in [0.15, 0.2) is 96.3 Å². The number of nitrogens with one attached hydrogen (secondary N) is 2. The van der Waals surface area contributed by atoms with E-state index in [9.17, 15) is 22.0 Å². The summed E-state index contributed by atoms with van der Waals surface area (Å²) in [6.07, 6.45) is 4.58. The Labute approximate surface area is 225 Å². The molecule has 0 aliphatic carbocycles. The van der Waals surface area contributed by atoms with Crippen molar-refractivity contribution in [3.63, 3.8) is 0 Å². The number of nitrogens with zero attached hydrogens (tertiary/aromatic N) is 2. The number of pyridine rings is 2. The quantitative estimate of drug-likeness (QED) is 0.236. The first-order valence-corrected chi connectivity index (χ1v) is 13.3. The molecule has 0 fully saturated rings. The Hall–Kier alpha value is -5.03. The van der Waals surface area contributed by atoms with E-state index in [2.05, 4.69) is 15.0 Å². The second kappa shape index (κ2) is 9.62. The molecule has 7 nitrogen and oxygen atoms in total. The molecule has 0 unspecified atom stereocenters. The van der Waals surface area contributed by atoms with Crippen molar-refractivity contribution in [2.24, 2.45) is 0 Å². The summed E-state index contributed by atoms with van der Waals surface area (Å²) in [5.74, 6) is -4.43. The molecule has 40 heavy (non-hydrogen) atoms. The second-order valence-electron chi connectivity index (χ2n) is 8.91. The molecule has 0 radical (unpaired) electrons. The molecule has 3 heterocycles. The predicted octanol–water partition coefficient (Wildman–Crippen LogP) is 6.23. The van der Waals surface area contributed by atoms with Crippen LogP contribution >= 0.6 is 0 Å². The second-order valence-corrected chi connectivity index (χ2v) is 10.6. The van der Waals surface area contributed by atoms with Gasteiger partial charge >= 0.3 is 0 Å². The Bertz CT molecular complexity index is 2080. The molecular weight excluding hydrogens is 541 g/mol. The number of aromatic amines is 1. The summed E-state index contributed by atoms with van der Waals surface area (Å²) in [7, 11) is -4.44. The molecule has 0 bridgehead atoms. The van der Waals surface area contributed by atoms with Gasteiger partial charge in [-0.2, -0.15) is 0 Å². The summed E-state index contributed by atoms with van der Waals surface area (Å²) in [6, 6.07) is 16.7. The third-order valence-electron chi connectivity index (χ3n) is 6.38. The molecular formula is C29H17F3N4O3S. The van der Waals surface area contributed by atoms with Gasteiger partial charge in [-0.15, -0.1) is 0 Å². The lowest BCUT2D eigenvalue weighted by Crippen LogP contribution is -2.16. The third kappa shape index (κ3) is 4.46. The fourth-order valence-corrected chi connectivity index (χ4v) is 5.51. The molecule has 0 saturated heterocycles. The van der Waals surface area contributed by atoms with Crippen LogP contribution in [0, 0.1) is 17.5 Å². The Morgan fingerprint density at radius 3 is 2.55 bits per heavy atom. The lowest BCUT2D eigenvalue weighted by Gasteiger charge is -2.12. The molecule has 0 saturated carbocycles. The van der Waals surface area contributed by atoms with Crippen LogP contribution in [-0.4, -0.2) is 29.2 Å². The Balaban J connectivity index is 1.39. The molecule has 6 aromatic rings. The SMILES string of the molecule is O=C(c1c(F)ccc(NS(=O)(=O)c2cccc(F)c2)c1F)c1c[nH]c2ncc(-c3ccc4ncccc4c3)cc12. The maximum absolute atomic E-state index is 15.5. The van der Waals surface area contributed by atoms with Gasteiger partial charge in [0, 0.05) is 40.5 Å². The van der Waals surface area contributed by atoms with Crippen molar-refractivity contribution in [1.29, 1.82) is 0 Å². The van der Waals surface area contributed by atoms with E-state index in [1.807, 2.05) is 35.1 Å². The number of anilines is 1. The summed E-state index contributed by atoms with van der Waals surface area (Å²) in [6.45, 7) is 0. The fraction of sp³-hybridized carbons (Fsp3) is 0. The van der Waals surface area contributed by atoms with E-state index in [-0.39, 0.29) is 5.56 Å². The Morgan fingerprint density at radius 2 is 1.73 bits per heavy atom. The molecule has 3 aromatic heterocycles. The Morgan fingerprint density at radius 1 is 0.875 bits per heavy atom. The van der Waals surface area contributed by atoms with E-state index < -0.39 is 49.4 Å². The third-order valence-corrected chi connectivity index (χ3v) is 7.74. The molecule has 0 amide bonds. The molecule has 198 valence electrons. The molecule has 3 aromatic carbocycles. The number of carbonyl (C=O) groups is 1. The van der Waals surface area contributed by atoms with Gasteiger partial charge in [-0.05, 0) is 60.2 Å². The highest BCUT2D eigenvalue weighted by Crippen LogP contribution is 2.31. The van der Waals surface area contributed by atoms with E-state index in [0.29, 0.717) is 16.6 Å². The van der Waals surface area contributed by atoms with Crippen LogP contribution in [0.1, 0.15) is 15.9 Å². The predicted molar refractivity (Wildman–Crippen MR) is 144 cm³/mol. The zero-order valence-electron chi connectivity index (χ0n) is 20.3. The Kier molecular flexibility index (Phi) is 6.07. The van der Waals surface area contributed by atoms with Gasteiger partial charge < -0.3 is 4.98 Å². The monoisotopic (exact) mass is 558 g/mol. The average molecular weight is 559 g/mol. The average Bonchev–Trinajstić information content (AvgIpc) is 3.38. The van der Waals surface area contributed by atoms with Gasteiger partial charge in [0.05, 0.1) is 21.7 Å². The smallest absolute Gasteiger partial charge is 0.262 e. The van der Waals surface area contributed by atoms with Crippen LogP contribution in [0.5, 0.6) is 0 Å². The van der Waals surface area contributed by atoms with Crippen molar-refractivity contribution in [2.45, 2.75) is 4.90 Å². The van der Waals surface area contributed by atoms with Gasteiger partial charge in [0.25, 0.3) is 10.0 Å². The lowest BCUT2D eigenvalue weighted by molar-refractivity contribution is 0.103. The van der Waals surface area contributed by atoms with Crippen molar-refractivity contribution in [2.75, 3.05) is 4.72 Å². The van der Waals surface area contributed by atoms with Crippen molar-refractivity contribution in [3.05, 3.63) is 120 Å². The normalized spacial score (nSPS) is 11.7. The van der Waals surface area contributed by atoms with Crippen molar-refractivity contribution in [3.8, 4) is 11.1 Å². The zero-order chi connectivity index (χ0) is 28.0. The topological polar surface area (TPSA) is 105 Å². The summed E-state index contributed by atoms with van der Waals surface area (Å²) in [5.41, 5.74) is 0.884. The number of aromatic nitrogens is 3. The van der Waals surface area contributed by atoms with Gasteiger partial charge in [-0.3, -0.25) is 14.5 Å². The summed E-state index contributed by atoms with van der Waals surface area (Å²) in [5, 5.41) is 1.21. The minimum atomic E-state index is -4.44. The number of H-pyrrole nitrogens is 1. The largest absolute Gasteiger partial charge is 0.345 e. The molecule has 11 heteroatoms. The van der Waals surface area contributed by atoms with Crippen LogP contribution in [0.2, 0.25) is 0 Å². The fourth-order valence-electron chi connectivity index (χ4n) is 4.42. The minimum absolute atomic E-state index is 0.0604. The highest BCUT2D eigenvalue weighted by molar-refractivity contribution is 7.92. The van der Waals surface area contributed by atoms with E-state index in [1.165, 1.54) is 12.3 Å². The zero-order valence-corrected chi connectivity index (χ0v) is 21.1. The van der Waals surface area contributed by atoms with Crippen LogP contribution in [-0.2, 0) is 10.0 Å². The van der Waals surface area contributed by atoms with Gasteiger partial charge in [0.2, 0.25) is 5.78 Å². The van der Waals surface area contributed by atoms with E-state index in [1.54, 1.807) is 18.5 Å². The summed E-state index contributed by atoms with van der Waals surface area (Å²) < 4.78 is 71.3. The van der Waals surface area contributed by atoms with Crippen LogP contribution in [0.3, 0.4) is 0 Å². The number of carbonyl (C=O) groups excluding carboxylic acids is 1. The van der Waals surface area contributed by atoms with Crippen LogP contribution in [0.4, 0.5) is 18.9 Å². The van der Waals surface area contributed by atoms with E-state index >= 15 is 4.39 Å². The molecule has 0 aliphatic heterocycles. The first-order chi connectivity index (χ1) is 19.2. The van der Waals surface area contributed by atoms with Crippen molar-refractivity contribution >= 4 is 43.4 Å². The molecule has 2 N–H and O–H groups in total. The first-order valence-electron chi connectivity index (χ1n) is 11.8. The summed E-state index contributed by atoms with van der Waals surface area (Å²) in [4.78, 5) is 24.5. The number of hydrogen-bond donors (Lipinski definition) is 2. The van der Waals surface area contributed by atoms with Gasteiger partial charge in [0.1, 0.15) is 17.3 Å². The highest BCUT2D eigenvalue weighted by atomic mass is 32.2. The number of benzene rings is 3. The summed E-state index contributed by atoms with van der Waals surface area (Å²) >= 11 is 0. The molecule has 0 aliphatic rings. The van der Waals surface area contributed by atoms with Gasteiger partial charge in [-0.25, -0.2) is 26.6 Å². The van der Waals surface area contributed by atoms with Crippen molar-refractivity contribution in [1.82, 2.24) is 15.0 Å². The van der Waals surface area contributed by atoms with E-state index in [0.717, 1.165) is 46.8 Å². The van der Waals surface area contributed by atoms with Crippen molar-refractivity contribution < 1.29 is 26.4 Å². The lowest BCUT2D eigenvalue weighted by atomic mass is 9.99. The number of fused-ring (bicyclic) bond motifs is 2. The van der Waals surface area contributed by atoms with Crippen LogP contribution in [0.25, 0.3) is 33.1 Å². The number of rotatable bonds is 6. The van der Waals surface area contributed by atoms with E-state index in [4.69, 9.17) is 0 Å². The van der Waals surface area contributed by atoms with Gasteiger partial charge in [-0.1, -0.05) is 18.2 Å². The minimum Gasteiger partial charge on any atom is -0.345 e. The standard InChI is InChI=1S/C29H17F3N4O3S/c30-19-4-1-5-20(13-19)40(38,39)36-25-9-7-23(31)26(27(25)32)28(37)22-15-35-29-21(22)12-18(14-34-29)16-6-8-24-17(11-16)3-2-10-33-24/h1-15,36H,(H,34,35). The molecule has 0 atom stereocenters. The van der Waals surface area contributed by atoms with Crippen LogP contribution < -0.4 is 4.72 Å². The maximum Gasteiger partial charge on any atom is 0.262 e. The first kappa shape index (κ1) is 25.3.